The van der Waals surface area contributed by atoms with Gasteiger partial charge in [0.1, 0.15) is 6.33 Å². The number of aromatic carboxylic acids is 1. The predicted octanol–water partition coefficient (Wildman–Crippen LogP) is 2.48. The molecule has 2 aromatic heterocycles. The summed E-state index contributed by atoms with van der Waals surface area (Å²) in [7, 11) is 0. The topological polar surface area (TPSA) is 67.5 Å². The molecular weight excluding hydrogens is 230 g/mol. The highest BCUT2D eigenvalue weighted by molar-refractivity contribution is 5.93. The Labute approximate surface area is 104 Å². The van der Waals surface area contributed by atoms with Gasteiger partial charge in [-0.3, -0.25) is 0 Å². The molecule has 18 heavy (non-hydrogen) atoms. The van der Waals surface area contributed by atoms with Crippen LogP contribution in [-0.4, -0.2) is 25.7 Å². The zero-order valence-corrected chi connectivity index (χ0v) is 10.0. The van der Waals surface area contributed by atoms with E-state index in [1.807, 2.05) is 12.1 Å². The van der Waals surface area contributed by atoms with E-state index in [1.165, 1.54) is 38.4 Å². The van der Waals surface area contributed by atoms with Crippen molar-refractivity contribution in [3.8, 4) is 0 Å². The van der Waals surface area contributed by atoms with Crippen molar-refractivity contribution in [2.75, 3.05) is 0 Å². The second-order valence-corrected chi connectivity index (χ2v) is 4.82. The van der Waals surface area contributed by atoms with E-state index in [2.05, 4.69) is 10.1 Å². The SMILES string of the molecule is O=C(O)c1ncn2nc(C3CCCCC3)ccc12. The van der Waals surface area contributed by atoms with Gasteiger partial charge >= 0.3 is 5.97 Å². The van der Waals surface area contributed by atoms with Crippen LogP contribution in [0.2, 0.25) is 0 Å². The minimum atomic E-state index is -1.01. The van der Waals surface area contributed by atoms with Crippen molar-refractivity contribution < 1.29 is 9.90 Å². The fourth-order valence-corrected chi connectivity index (χ4v) is 2.69. The lowest BCUT2D eigenvalue weighted by atomic mass is 9.87. The van der Waals surface area contributed by atoms with E-state index >= 15 is 0 Å². The van der Waals surface area contributed by atoms with Crippen LogP contribution in [0.25, 0.3) is 5.52 Å². The summed E-state index contributed by atoms with van der Waals surface area (Å²) < 4.78 is 1.58. The van der Waals surface area contributed by atoms with Crippen molar-refractivity contribution >= 4 is 11.5 Å². The fraction of sp³-hybridized carbons (Fsp3) is 0.462. The Morgan fingerprint density at radius 1 is 1.28 bits per heavy atom. The maximum atomic E-state index is 11.0. The number of rotatable bonds is 2. The summed E-state index contributed by atoms with van der Waals surface area (Å²) in [6.07, 6.45) is 7.67. The number of carbonyl (C=O) groups is 1. The van der Waals surface area contributed by atoms with Gasteiger partial charge in [0.2, 0.25) is 0 Å². The minimum Gasteiger partial charge on any atom is -0.476 e. The van der Waals surface area contributed by atoms with Gasteiger partial charge in [-0.25, -0.2) is 14.3 Å². The summed E-state index contributed by atoms with van der Waals surface area (Å²) in [6.45, 7) is 0. The van der Waals surface area contributed by atoms with Crippen LogP contribution in [-0.2, 0) is 0 Å². The van der Waals surface area contributed by atoms with Gasteiger partial charge in [0.05, 0.1) is 11.2 Å². The average Bonchev–Trinajstić information content (AvgIpc) is 2.82. The third kappa shape index (κ3) is 1.85. The largest absolute Gasteiger partial charge is 0.476 e. The Morgan fingerprint density at radius 2 is 2.06 bits per heavy atom. The predicted molar refractivity (Wildman–Crippen MR) is 65.8 cm³/mol. The standard InChI is InChI=1S/C13H15N3O2/c17-13(18)12-11-7-6-10(15-16(11)8-14-12)9-4-2-1-3-5-9/h6-9H,1-5H2,(H,17,18). The molecule has 0 radical (unpaired) electrons. The highest BCUT2D eigenvalue weighted by Crippen LogP contribution is 2.31. The lowest BCUT2D eigenvalue weighted by Gasteiger charge is -2.20. The molecule has 1 aliphatic carbocycles. The molecular formula is C13H15N3O2. The van der Waals surface area contributed by atoms with Crippen LogP contribution >= 0.6 is 0 Å². The van der Waals surface area contributed by atoms with Crippen molar-refractivity contribution in [1.29, 1.82) is 0 Å². The number of aromatic nitrogens is 3. The maximum absolute atomic E-state index is 11.0. The monoisotopic (exact) mass is 245 g/mol. The fourth-order valence-electron chi connectivity index (χ4n) is 2.69. The Kier molecular flexibility index (Phi) is 2.74. The van der Waals surface area contributed by atoms with Gasteiger partial charge < -0.3 is 5.11 Å². The van der Waals surface area contributed by atoms with Crippen LogP contribution in [0.1, 0.15) is 54.2 Å². The Balaban J connectivity index is 1.98. The molecule has 0 unspecified atom stereocenters. The van der Waals surface area contributed by atoms with Gasteiger partial charge in [-0.05, 0) is 25.0 Å². The Hall–Kier alpha value is -1.91. The summed E-state index contributed by atoms with van der Waals surface area (Å²) in [5.41, 5.74) is 1.68. The van der Waals surface area contributed by atoms with Gasteiger partial charge in [-0.1, -0.05) is 19.3 Å². The van der Waals surface area contributed by atoms with Gasteiger partial charge in [0, 0.05) is 5.92 Å². The molecule has 5 nitrogen and oxygen atoms in total. The van der Waals surface area contributed by atoms with Gasteiger partial charge in [-0.2, -0.15) is 5.10 Å². The van der Waals surface area contributed by atoms with Crippen molar-refractivity contribution in [2.24, 2.45) is 0 Å². The molecule has 0 saturated heterocycles. The molecule has 3 rings (SSSR count). The van der Waals surface area contributed by atoms with E-state index < -0.39 is 5.97 Å². The molecule has 0 atom stereocenters. The van der Waals surface area contributed by atoms with Crippen LogP contribution in [0, 0.1) is 0 Å². The molecule has 0 aromatic carbocycles. The minimum absolute atomic E-state index is 0.0673. The van der Waals surface area contributed by atoms with Crippen LogP contribution in [0.3, 0.4) is 0 Å². The number of nitrogens with zero attached hydrogens (tertiary/aromatic N) is 3. The molecule has 0 spiro atoms. The summed E-state index contributed by atoms with van der Waals surface area (Å²) in [4.78, 5) is 14.8. The zero-order chi connectivity index (χ0) is 12.5. The summed E-state index contributed by atoms with van der Waals surface area (Å²) in [6, 6.07) is 3.76. The molecule has 1 saturated carbocycles. The summed E-state index contributed by atoms with van der Waals surface area (Å²) in [5.74, 6) is -0.497. The second kappa shape index (κ2) is 4.40. The van der Waals surface area contributed by atoms with Gasteiger partial charge in [0.25, 0.3) is 0 Å². The number of imidazole rings is 1. The normalized spacial score (nSPS) is 17.1. The van der Waals surface area contributed by atoms with Crippen LogP contribution in [0.15, 0.2) is 18.5 Å². The molecule has 0 aliphatic heterocycles. The molecule has 0 amide bonds. The molecule has 1 fully saturated rings. The molecule has 5 heteroatoms. The Morgan fingerprint density at radius 3 is 2.78 bits per heavy atom. The summed E-state index contributed by atoms with van der Waals surface area (Å²) in [5, 5.41) is 13.5. The first-order valence-corrected chi connectivity index (χ1v) is 6.33. The third-order valence-corrected chi connectivity index (χ3v) is 3.65. The van der Waals surface area contributed by atoms with E-state index in [0.29, 0.717) is 11.4 Å². The number of hydrogen-bond acceptors (Lipinski definition) is 3. The van der Waals surface area contributed by atoms with Crippen molar-refractivity contribution in [3.63, 3.8) is 0 Å². The Bertz CT molecular complexity index is 585. The third-order valence-electron chi connectivity index (χ3n) is 3.65. The summed E-state index contributed by atoms with van der Waals surface area (Å²) >= 11 is 0. The number of fused-ring (bicyclic) bond motifs is 1. The number of carboxylic acids is 1. The van der Waals surface area contributed by atoms with E-state index in [1.54, 1.807) is 4.52 Å². The van der Waals surface area contributed by atoms with E-state index in [4.69, 9.17) is 5.11 Å². The lowest BCUT2D eigenvalue weighted by molar-refractivity contribution is 0.0693. The van der Waals surface area contributed by atoms with Crippen molar-refractivity contribution in [2.45, 2.75) is 38.0 Å². The van der Waals surface area contributed by atoms with E-state index in [0.717, 1.165) is 5.69 Å². The molecule has 1 aliphatic rings. The first kappa shape index (κ1) is 11.2. The average molecular weight is 245 g/mol. The highest BCUT2D eigenvalue weighted by atomic mass is 16.4. The molecule has 1 N–H and O–H groups in total. The number of hydrogen-bond donors (Lipinski definition) is 1. The lowest BCUT2D eigenvalue weighted by Crippen LogP contribution is -2.08. The smallest absolute Gasteiger partial charge is 0.356 e. The number of carboxylic acid groups (broad SMARTS) is 1. The zero-order valence-electron chi connectivity index (χ0n) is 10.0. The van der Waals surface area contributed by atoms with Crippen LogP contribution < -0.4 is 0 Å². The molecule has 2 aromatic rings. The van der Waals surface area contributed by atoms with Crippen molar-refractivity contribution in [3.05, 3.63) is 29.8 Å². The highest BCUT2D eigenvalue weighted by Gasteiger charge is 2.18. The van der Waals surface area contributed by atoms with Crippen molar-refractivity contribution in [1.82, 2.24) is 14.6 Å². The van der Waals surface area contributed by atoms with E-state index in [-0.39, 0.29) is 5.69 Å². The quantitative estimate of drug-likeness (QED) is 0.882. The maximum Gasteiger partial charge on any atom is 0.356 e. The van der Waals surface area contributed by atoms with Crippen LogP contribution in [0.4, 0.5) is 0 Å². The van der Waals surface area contributed by atoms with Gasteiger partial charge in [-0.15, -0.1) is 0 Å². The second-order valence-electron chi connectivity index (χ2n) is 4.82. The molecule has 0 bridgehead atoms. The van der Waals surface area contributed by atoms with E-state index in [9.17, 15) is 4.79 Å². The van der Waals surface area contributed by atoms with Crippen LogP contribution in [0.5, 0.6) is 0 Å². The first-order chi connectivity index (χ1) is 8.75. The molecule has 2 heterocycles. The first-order valence-electron chi connectivity index (χ1n) is 6.33. The molecule has 94 valence electrons. The van der Waals surface area contributed by atoms with Gasteiger partial charge in [0.15, 0.2) is 5.69 Å².